The molecule has 0 amide bonds. The number of hydrogen-bond acceptors (Lipinski definition) is 3. The van der Waals surface area contributed by atoms with Gasteiger partial charge in [0.25, 0.3) is 0 Å². The molecule has 1 aliphatic rings. The minimum Gasteiger partial charge on any atom is -0.479 e. The van der Waals surface area contributed by atoms with Crippen LogP contribution in [0.4, 0.5) is 0 Å². The van der Waals surface area contributed by atoms with Crippen molar-refractivity contribution in [3.63, 3.8) is 0 Å². The number of aliphatic imine (C=N–C) groups is 1. The van der Waals surface area contributed by atoms with Crippen molar-refractivity contribution in [2.45, 2.75) is 18.9 Å². The minimum absolute atomic E-state index is 0.114. The van der Waals surface area contributed by atoms with Crippen molar-refractivity contribution in [2.75, 3.05) is 6.61 Å². The first-order chi connectivity index (χ1) is 7.62. The summed E-state index contributed by atoms with van der Waals surface area (Å²) in [4.78, 5) is 15.4. The van der Waals surface area contributed by atoms with E-state index in [9.17, 15) is 9.90 Å². The Kier molecular flexibility index (Phi) is 2.64. The van der Waals surface area contributed by atoms with Gasteiger partial charge in [0.15, 0.2) is 11.4 Å². The van der Waals surface area contributed by atoms with Crippen LogP contribution in [0.15, 0.2) is 35.3 Å². The van der Waals surface area contributed by atoms with Crippen molar-refractivity contribution < 1.29 is 14.6 Å². The number of carboxylic acids is 1. The summed E-state index contributed by atoms with van der Waals surface area (Å²) in [5.41, 5.74) is -0.197. The lowest BCUT2D eigenvalue weighted by molar-refractivity contribution is -0.143. The Labute approximate surface area is 93.6 Å². The Hall–Kier alpha value is -1.84. The third-order valence-electron chi connectivity index (χ3n) is 2.63. The van der Waals surface area contributed by atoms with Crippen LogP contribution in [0.5, 0.6) is 0 Å². The number of carbonyl (C=O) groups is 1. The van der Waals surface area contributed by atoms with Crippen molar-refractivity contribution in [1.29, 1.82) is 0 Å². The Morgan fingerprint density at radius 1 is 1.50 bits per heavy atom. The van der Waals surface area contributed by atoms with Gasteiger partial charge in [-0.25, -0.2) is 9.79 Å². The highest BCUT2D eigenvalue weighted by Gasteiger charge is 2.43. The van der Waals surface area contributed by atoms with Crippen LogP contribution in [0.1, 0.15) is 12.5 Å². The third-order valence-corrected chi connectivity index (χ3v) is 2.63. The zero-order chi connectivity index (χ0) is 11.6. The second-order valence-electron chi connectivity index (χ2n) is 3.92. The molecule has 1 aromatic rings. The smallest absolute Gasteiger partial charge is 0.335 e. The highest BCUT2D eigenvalue weighted by molar-refractivity contribution is 5.87. The van der Waals surface area contributed by atoms with Crippen LogP contribution in [0.25, 0.3) is 0 Å². The van der Waals surface area contributed by atoms with Gasteiger partial charge in [-0.3, -0.25) is 0 Å². The lowest BCUT2D eigenvalue weighted by atomic mass is 9.93. The van der Waals surface area contributed by atoms with Gasteiger partial charge in [-0.2, -0.15) is 0 Å². The molecule has 4 heteroatoms. The zero-order valence-corrected chi connectivity index (χ0v) is 9.01. The number of rotatable bonds is 3. The molecule has 4 nitrogen and oxygen atoms in total. The molecule has 0 saturated carbocycles. The summed E-state index contributed by atoms with van der Waals surface area (Å²) < 4.78 is 5.17. The van der Waals surface area contributed by atoms with Crippen LogP contribution in [0.3, 0.4) is 0 Å². The number of benzene rings is 1. The second-order valence-corrected chi connectivity index (χ2v) is 3.92. The minimum atomic E-state index is -1.15. The summed E-state index contributed by atoms with van der Waals surface area (Å²) in [7, 11) is 0. The number of nitrogens with zero attached hydrogens (tertiary/aromatic N) is 1. The molecule has 0 aliphatic carbocycles. The normalized spacial score (nSPS) is 23.7. The lowest BCUT2D eigenvalue weighted by Gasteiger charge is -2.18. The van der Waals surface area contributed by atoms with E-state index in [1.54, 1.807) is 6.92 Å². The molecule has 16 heavy (non-hydrogen) atoms. The predicted octanol–water partition coefficient (Wildman–Crippen LogP) is 1.50. The summed E-state index contributed by atoms with van der Waals surface area (Å²) in [5, 5.41) is 9.26. The lowest BCUT2D eigenvalue weighted by Crippen LogP contribution is -2.40. The molecule has 2 rings (SSSR count). The first-order valence-corrected chi connectivity index (χ1v) is 5.09. The van der Waals surface area contributed by atoms with E-state index in [0.717, 1.165) is 5.56 Å². The van der Waals surface area contributed by atoms with Crippen LogP contribution in [0, 0.1) is 0 Å². The summed E-state index contributed by atoms with van der Waals surface area (Å²) in [5.74, 6) is -0.494. The van der Waals surface area contributed by atoms with Crippen LogP contribution in [0.2, 0.25) is 0 Å². The van der Waals surface area contributed by atoms with Crippen LogP contribution in [-0.4, -0.2) is 29.1 Å². The van der Waals surface area contributed by atoms with Crippen LogP contribution in [-0.2, 0) is 16.0 Å². The first kappa shape index (κ1) is 10.7. The Morgan fingerprint density at radius 3 is 2.69 bits per heavy atom. The first-order valence-electron chi connectivity index (χ1n) is 5.09. The molecule has 0 fully saturated rings. The van der Waals surface area contributed by atoms with Crippen molar-refractivity contribution in [2.24, 2.45) is 4.99 Å². The molecular weight excluding hydrogens is 206 g/mol. The van der Waals surface area contributed by atoms with E-state index in [-0.39, 0.29) is 6.61 Å². The summed E-state index contributed by atoms with van der Waals surface area (Å²) in [6.45, 7) is 1.79. The number of hydrogen-bond donors (Lipinski definition) is 1. The SMILES string of the molecule is CC1=NC(Cc2ccccc2)(C(=O)O)CO1. The van der Waals surface area contributed by atoms with E-state index in [1.807, 2.05) is 30.3 Å². The van der Waals surface area contributed by atoms with Gasteiger partial charge in [0.2, 0.25) is 0 Å². The molecule has 0 spiro atoms. The van der Waals surface area contributed by atoms with Gasteiger partial charge < -0.3 is 9.84 Å². The van der Waals surface area contributed by atoms with E-state index in [2.05, 4.69) is 4.99 Å². The second kappa shape index (κ2) is 3.96. The molecule has 1 unspecified atom stereocenters. The fourth-order valence-electron chi connectivity index (χ4n) is 1.80. The van der Waals surface area contributed by atoms with Gasteiger partial charge in [-0.1, -0.05) is 30.3 Å². The maximum atomic E-state index is 11.3. The number of carboxylic acid groups (broad SMARTS) is 1. The van der Waals surface area contributed by atoms with Gasteiger partial charge in [-0.15, -0.1) is 0 Å². The monoisotopic (exact) mass is 219 g/mol. The van der Waals surface area contributed by atoms with E-state index in [0.29, 0.717) is 12.3 Å². The van der Waals surface area contributed by atoms with Crippen molar-refractivity contribution in [1.82, 2.24) is 0 Å². The van der Waals surface area contributed by atoms with Gasteiger partial charge in [0, 0.05) is 13.3 Å². The Morgan fingerprint density at radius 2 is 2.19 bits per heavy atom. The van der Waals surface area contributed by atoms with Gasteiger partial charge in [0.05, 0.1) is 0 Å². The highest BCUT2D eigenvalue weighted by Crippen LogP contribution is 2.24. The topological polar surface area (TPSA) is 58.9 Å². The Bertz CT molecular complexity index is 427. The molecule has 1 N–H and O–H groups in total. The molecule has 0 saturated heterocycles. The predicted molar refractivity (Wildman–Crippen MR) is 59.6 cm³/mol. The molecule has 1 heterocycles. The molecule has 84 valence electrons. The molecule has 0 radical (unpaired) electrons. The van der Waals surface area contributed by atoms with E-state index in [4.69, 9.17) is 4.74 Å². The average molecular weight is 219 g/mol. The number of aliphatic carboxylic acids is 1. The standard InChI is InChI=1S/C12H13NO3/c1-9-13-12(8-16-9,11(14)15)7-10-5-3-2-4-6-10/h2-6H,7-8H2,1H3,(H,14,15). The summed E-state index contributed by atoms with van der Waals surface area (Å²) >= 11 is 0. The van der Waals surface area contributed by atoms with E-state index >= 15 is 0 Å². The number of ether oxygens (including phenoxy) is 1. The quantitative estimate of drug-likeness (QED) is 0.838. The maximum Gasteiger partial charge on any atom is 0.335 e. The van der Waals surface area contributed by atoms with Crippen molar-refractivity contribution in [3.8, 4) is 0 Å². The van der Waals surface area contributed by atoms with Crippen molar-refractivity contribution in [3.05, 3.63) is 35.9 Å². The molecule has 1 atom stereocenters. The van der Waals surface area contributed by atoms with Crippen LogP contribution >= 0.6 is 0 Å². The molecule has 1 aromatic carbocycles. The fourth-order valence-corrected chi connectivity index (χ4v) is 1.80. The van der Waals surface area contributed by atoms with Gasteiger partial charge in [0.1, 0.15) is 6.61 Å². The maximum absolute atomic E-state index is 11.3. The molecule has 0 bridgehead atoms. The Balaban J connectivity index is 2.26. The molecular formula is C12H13NO3. The molecule has 0 aromatic heterocycles. The zero-order valence-electron chi connectivity index (χ0n) is 9.01. The molecule has 1 aliphatic heterocycles. The van der Waals surface area contributed by atoms with Gasteiger partial charge >= 0.3 is 5.97 Å². The largest absolute Gasteiger partial charge is 0.479 e. The van der Waals surface area contributed by atoms with Crippen LogP contribution < -0.4 is 0 Å². The highest BCUT2D eigenvalue weighted by atomic mass is 16.5. The third kappa shape index (κ3) is 1.91. The van der Waals surface area contributed by atoms with Gasteiger partial charge in [-0.05, 0) is 5.56 Å². The fraction of sp³-hybridized carbons (Fsp3) is 0.333. The van der Waals surface area contributed by atoms with Crippen molar-refractivity contribution >= 4 is 11.9 Å². The van der Waals surface area contributed by atoms with E-state index < -0.39 is 11.5 Å². The summed E-state index contributed by atoms with van der Waals surface area (Å²) in [6, 6.07) is 9.47. The average Bonchev–Trinajstić information content (AvgIpc) is 2.63. The van der Waals surface area contributed by atoms with E-state index in [1.165, 1.54) is 0 Å². The summed E-state index contributed by atoms with van der Waals surface area (Å²) in [6.07, 6.45) is 0.362.